The number of ketones is 1. The number of nitrogens with zero attached hydrogens (tertiary/aromatic N) is 2. The highest BCUT2D eigenvalue weighted by molar-refractivity contribution is 6.22. The molecule has 2 heterocycles. The van der Waals surface area contributed by atoms with Gasteiger partial charge in [-0.1, -0.05) is 6.92 Å². The lowest BCUT2D eigenvalue weighted by Gasteiger charge is -2.33. The zero-order valence-electron chi connectivity index (χ0n) is 20.1. The third kappa shape index (κ3) is 5.59. The number of carbonyl (C=O) groups excluding carboxylic acids is 4. The SMILES string of the molecule is CCOc1ccc(C(=O)COC(=O)c2ccc(N3C(=O)CC(N4CCC(C)CC4)C3=O)cc2)cc1. The van der Waals surface area contributed by atoms with Crippen molar-refractivity contribution >= 4 is 29.3 Å². The van der Waals surface area contributed by atoms with E-state index in [9.17, 15) is 19.2 Å². The van der Waals surface area contributed by atoms with Crippen molar-refractivity contribution in [3.05, 3.63) is 59.7 Å². The van der Waals surface area contributed by atoms with Crippen LogP contribution in [0.4, 0.5) is 5.69 Å². The van der Waals surface area contributed by atoms with Crippen LogP contribution in [0.3, 0.4) is 0 Å². The van der Waals surface area contributed by atoms with Gasteiger partial charge in [-0.25, -0.2) is 9.69 Å². The van der Waals surface area contributed by atoms with Crippen LogP contribution in [0.25, 0.3) is 0 Å². The number of hydrogen-bond donors (Lipinski definition) is 0. The Hall–Kier alpha value is -3.52. The van der Waals surface area contributed by atoms with Gasteiger partial charge in [0.1, 0.15) is 5.75 Å². The van der Waals surface area contributed by atoms with Crippen molar-refractivity contribution in [3.63, 3.8) is 0 Å². The molecule has 1 atom stereocenters. The van der Waals surface area contributed by atoms with Crippen LogP contribution in [0.2, 0.25) is 0 Å². The molecule has 2 aromatic carbocycles. The second-order valence-corrected chi connectivity index (χ2v) is 9.01. The summed E-state index contributed by atoms with van der Waals surface area (Å²) < 4.78 is 10.5. The fourth-order valence-electron chi connectivity index (χ4n) is 4.46. The molecule has 2 amide bonds. The topological polar surface area (TPSA) is 93.2 Å². The maximum absolute atomic E-state index is 13.0. The van der Waals surface area contributed by atoms with Crippen molar-refractivity contribution in [2.45, 2.75) is 39.2 Å². The lowest BCUT2D eigenvalue weighted by atomic mass is 9.97. The summed E-state index contributed by atoms with van der Waals surface area (Å²) in [5.41, 5.74) is 1.07. The standard InChI is InChI=1S/C27H30N2O6/c1-3-34-22-10-6-19(7-11-22)24(30)17-35-27(33)20-4-8-21(9-5-20)29-25(31)16-23(26(29)32)28-14-12-18(2)13-15-28/h4-11,18,23H,3,12-17H2,1-2H3. The minimum atomic E-state index is -0.657. The number of hydrogen-bond acceptors (Lipinski definition) is 7. The first-order chi connectivity index (χ1) is 16.9. The molecular weight excluding hydrogens is 448 g/mol. The lowest BCUT2D eigenvalue weighted by Crippen LogP contribution is -2.45. The lowest BCUT2D eigenvalue weighted by molar-refractivity contribution is -0.123. The van der Waals surface area contributed by atoms with Crippen LogP contribution < -0.4 is 9.64 Å². The smallest absolute Gasteiger partial charge is 0.338 e. The number of likely N-dealkylation sites (tertiary alicyclic amines) is 1. The van der Waals surface area contributed by atoms with Gasteiger partial charge in [0.25, 0.3) is 5.91 Å². The maximum atomic E-state index is 13.0. The minimum absolute atomic E-state index is 0.171. The number of benzene rings is 2. The van der Waals surface area contributed by atoms with Crippen molar-refractivity contribution in [1.82, 2.24) is 4.90 Å². The molecule has 0 saturated carbocycles. The molecule has 35 heavy (non-hydrogen) atoms. The second-order valence-electron chi connectivity index (χ2n) is 9.01. The average Bonchev–Trinajstić information content (AvgIpc) is 3.17. The van der Waals surface area contributed by atoms with Gasteiger partial charge in [-0.05, 0) is 87.3 Å². The summed E-state index contributed by atoms with van der Waals surface area (Å²) in [6.45, 7) is 5.85. The third-order valence-electron chi connectivity index (χ3n) is 6.56. The van der Waals surface area contributed by atoms with Crippen LogP contribution in [0.1, 0.15) is 53.8 Å². The Morgan fingerprint density at radius 2 is 1.57 bits per heavy atom. The van der Waals surface area contributed by atoms with E-state index in [2.05, 4.69) is 11.8 Å². The zero-order chi connectivity index (χ0) is 24.9. The van der Waals surface area contributed by atoms with Gasteiger partial charge in [0.2, 0.25) is 5.91 Å². The molecular formula is C27H30N2O6. The molecule has 184 valence electrons. The summed E-state index contributed by atoms with van der Waals surface area (Å²) in [6, 6.07) is 12.3. The van der Waals surface area contributed by atoms with E-state index in [1.54, 1.807) is 36.4 Å². The predicted molar refractivity (Wildman–Crippen MR) is 130 cm³/mol. The average molecular weight is 479 g/mol. The van der Waals surface area contributed by atoms with Gasteiger partial charge in [0.05, 0.1) is 30.3 Å². The van der Waals surface area contributed by atoms with Gasteiger partial charge in [-0.15, -0.1) is 0 Å². The van der Waals surface area contributed by atoms with Crippen LogP contribution >= 0.6 is 0 Å². The van der Waals surface area contributed by atoms with Gasteiger partial charge < -0.3 is 9.47 Å². The molecule has 0 bridgehead atoms. The Morgan fingerprint density at radius 1 is 0.943 bits per heavy atom. The summed E-state index contributed by atoms with van der Waals surface area (Å²) in [5, 5.41) is 0. The number of ether oxygens (including phenoxy) is 2. The Kier molecular flexibility index (Phi) is 7.60. The molecule has 0 spiro atoms. The maximum Gasteiger partial charge on any atom is 0.338 e. The molecule has 0 aliphatic carbocycles. The molecule has 2 saturated heterocycles. The van der Waals surface area contributed by atoms with E-state index in [0.29, 0.717) is 29.5 Å². The minimum Gasteiger partial charge on any atom is -0.494 e. The first-order valence-corrected chi connectivity index (χ1v) is 12.0. The number of esters is 1. The summed E-state index contributed by atoms with van der Waals surface area (Å²) in [5.74, 6) is -0.151. The van der Waals surface area contributed by atoms with Crippen LogP contribution in [0.15, 0.2) is 48.5 Å². The van der Waals surface area contributed by atoms with E-state index in [0.717, 1.165) is 25.9 Å². The van der Waals surface area contributed by atoms with Gasteiger partial charge in [0, 0.05) is 5.56 Å². The summed E-state index contributed by atoms with van der Waals surface area (Å²) in [7, 11) is 0. The first kappa shape index (κ1) is 24.6. The summed E-state index contributed by atoms with van der Waals surface area (Å²) in [6.07, 6.45) is 2.22. The molecule has 2 fully saturated rings. The number of anilines is 1. The quantitative estimate of drug-likeness (QED) is 0.326. The summed E-state index contributed by atoms with van der Waals surface area (Å²) >= 11 is 0. The molecule has 8 nitrogen and oxygen atoms in total. The number of rotatable bonds is 8. The number of amides is 2. The van der Waals surface area contributed by atoms with Crippen LogP contribution in [0, 0.1) is 5.92 Å². The van der Waals surface area contributed by atoms with Crippen molar-refractivity contribution in [2.24, 2.45) is 5.92 Å². The molecule has 0 aromatic heterocycles. The molecule has 4 rings (SSSR count). The largest absolute Gasteiger partial charge is 0.494 e. The Bertz CT molecular complexity index is 1090. The first-order valence-electron chi connectivity index (χ1n) is 12.0. The normalized spacial score (nSPS) is 19.1. The highest BCUT2D eigenvalue weighted by Crippen LogP contribution is 2.28. The van der Waals surface area contributed by atoms with E-state index < -0.39 is 18.6 Å². The van der Waals surface area contributed by atoms with E-state index in [-0.39, 0.29) is 29.6 Å². The number of Topliss-reactive ketones (excluding diaryl/α,β-unsaturated/α-hetero) is 1. The van der Waals surface area contributed by atoms with Crippen LogP contribution in [-0.4, -0.2) is 60.8 Å². The molecule has 2 aromatic rings. The highest BCUT2D eigenvalue weighted by Gasteiger charge is 2.43. The molecule has 0 radical (unpaired) electrons. The van der Waals surface area contributed by atoms with E-state index in [4.69, 9.17) is 9.47 Å². The molecule has 8 heteroatoms. The highest BCUT2D eigenvalue weighted by atomic mass is 16.5. The van der Waals surface area contributed by atoms with E-state index in [1.165, 1.54) is 17.0 Å². The van der Waals surface area contributed by atoms with Crippen LogP contribution in [-0.2, 0) is 14.3 Å². The predicted octanol–water partition coefficient (Wildman–Crippen LogP) is 3.49. The van der Waals surface area contributed by atoms with Gasteiger partial charge >= 0.3 is 5.97 Å². The molecule has 0 N–H and O–H groups in total. The number of piperidine rings is 1. The second kappa shape index (κ2) is 10.8. The molecule has 2 aliphatic rings. The van der Waals surface area contributed by atoms with E-state index in [1.807, 2.05) is 6.92 Å². The molecule has 2 aliphatic heterocycles. The third-order valence-corrected chi connectivity index (χ3v) is 6.56. The van der Waals surface area contributed by atoms with Crippen molar-refractivity contribution in [2.75, 3.05) is 31.2 Å². The fraction of sp³-hybridized carbons (Fsp3) is 0.407. The van der Waals surface area contributed by atoms with Crippen molar-refractivity contribution in [1.29, 1.82) is 0 Å². The monoisotopic (exact) mass is 478 g/mol. The van der Waals surface area contributed by atoms with Gasteiger partial charge in [0.15, 0.2) is 12.4 Å². The van der Waals surface area contributed by atoms with Gasteiger partial charge in [-0.3, -0.25) is 19.3 Å². The Morgan fingerprint density at radius 3 is 2.20 bits per heavy atom. The number of carbonyl (C=O) groups is 4. The van der Waals surface area contributed by atoms with Crippen molar-refractivity contribution in [3.8, 4) is 5.75 Å². The van der Waals surface area contributed by atoms with Crippen molar-refractivity contribution < 1.29 is 28.7 Å². The summed E-state index contributed by atoms with van der Waals surface area (Å²) in [4.78, 5) is 53.7. The number of imide groups is 1. The Balaban J connectivity index is 1.34. The van der Waals surface area contributed by atoms with Gasteiger partial charge in [-0.2, -0.15) is 0 Å². The van der Waals surface area contributed by atoms with E-state index >= 15 is 0 Å². The Labute approximate surface area is 204 Å². The zero-order valence-corrected chi connectivity index (χ0v) is 20.1. The molecule has 1 unspecified atom stereocenters. The fourth-order valence-corrected chi connectivity index (χ4v) is 4.46. The van der Waals surface area contributed by atoms with Crippen LogP contribution in [0.5, 0.6) is 5.75 Å².